The number of carbonyl (C=O) groups is 2. The van der Waals surface area contributed by atoms with Crippen molar-refractivity contribution in [2.24, 2.45) is 0 Å². The molecule has 0 radical (unpaired) electrons. The summed E-state index contributed by atoms with van der Waals surface area (Å²) in [5.41, 5.74) is 2.01. The van der Waals surface area contributed by atoms with E-state index in [1.165, 1.54) is 11.1 Å². The lowest BCUT2D eigenvalue weighted by atomic mass is 9.95. The van der Waals surface area contributed by atoms with Gasteiger partial charge in [-0.2, -0.15) is 0 Å². The Balaban J connectivity index is 1.51. The maximum atomic E-state index is 12.9. The Kier molecular flexibility index (Phi) is 5.45. The first-order valence-electron chi connectivity index (χ1n) is 8.99. The van der Waals surface area contributed by atoms with Gasteiger partial charge >= 0.3 is 5.97 Å². The molecule has 0 spiro atoms. The summed E-state index contributed by atoms with van der Waals surface area (Å²) in [6.45, 7) is -0.389. The number of pyridine rings is 1. The maximum absolute atomic E-state index is 12.9. The zero-order valence-corrected chi connectivity index (χ0v) is 16.6. The van der Waals surface area contributed by atoms with E-state index in [-0.39, 0.29) is 11.8 Å². The highest BCUT2D eigenvalue weighted by Crippen LogP contribution is 2.37. The summed E-state index contributed by atoms with van der Waals surface area (Å²) in [6, 6.07) is 7.13. The number of hydrogen-bond donors (Lipinski definition) is 1. The molecule has 0 fully saturated rings. The molecule has 0 bridgehead atoms. The van der Waals surface area contributed by atoms with Crippen LogP contribution in [0.5, 0.6) is 0 Å². The number of nitrogens with zero attached hydrogens (tertiary/aromatic N) is 2. The minimum absolute atomic E-state index is 0.184. The van der Waals surface area contributed by atoms with E-state index in [9.17, 15) is 9.59 Å². The molecule has 0 aromatic carbocycles. The monoisotopic (exact) mass is 415 g/mol. The van der Waals surface area contributed by atoms with Crippen molar-refractivity contribution >= 4 is 40.5 Å². The van der Waals surface area contributed by atoms with Gasteiger partial charge in [0.2, 0.25) is 0 Å². The highest BCUT2D eigenvalue weighted by Gasteiger charge is 2.27. The first kappa shape index (κ1) is 18.7. The molecule has 1 aliphatic carbocycles. The lowest BCUT2D eigenvalue weighted by molar-refractivity contribution is -0.119. The van der Waals surface area contributed by atoms with Gasteiger partial charge in [0, 0.05) is 23.5 Å². The number of fused-ring (bicyclic) bond motifs is 1. The number of anilines is 1. The van der Waals surface area contributed by atoms with Crippen LogP contribution in [0, 0.1) is 0 Å². The second-order valence-corrected chi connectivity index (χ2v) is 7.89. The number of hydrogen-bond acceptors (Lipinski definition) is 5. The minimum Gasteiger partial charge on any atom is -0.452 e. The lowest BCUT2D eigenvalue weighted by Gasteiger charge is -2.13. The van der Waals surface area contributed by atoms with Crippen molar-refractivity contribution < 1.29 is 14.3 Å². The number of nitrogens with one attached hydrogen (secondary N) is 1. The van der Waals surface area contributed by atoms with Crippen LogP contribution < -0.4 is 5.32 Å². The topological polar surface area (TPSA) is 73.2 Å². The number of ether oxygens (including phenoxy) is 1. The zero-order valence-electron chi connectivity index (χ0n) is 15.0. The van der Waals surface area contributed by atoms with E-state index in [0.29, 0.717) is 11.3 Å². The predicted octanol–water partition coefficient (Wildman–Crippen LogP) is 4.26. The zero-order chi connectivity index (χ0) is 19.5. The molecular weight excluding hydrogens is 398 g/mol. The number of thiophene rings is 1. The van der Waals surface area contributed by atoms with Crippen LogP contribution in [0.4, 0.5) is 5.69 Å². The molecule has 4 rings (SSSR count). The molecule has 1 aliphatic rings. The average Bonchev–Trinajstić information content (AvgIpc) is 3.35. The molecule has 6 nitrogen and oxygen atoms in total. The Bertz CT molecular complexity index is 1010. The second kappa shape index (κ2) is 8.16. The van der Waals surface area contributed by atoms with Gasteiger partial charge in [0.05, 0.1) is 11.3 Å². The molecule has 0 unspecified atom stereocenters. The van der Waals surface area contributed by atoms with Crippen LogP contribution in [-0.2, 0) is 22.4 Å². The Hall–Kier alpha value is -2.64. The van der Waals surface area contributed by atoms with E-state index < -0.39 is 11.9 Å². The molecule has 3 aromatic rings. The summed E-state index contributed by atoms with van der Waals surface area (Å²) >= 11 is 7.56. The van der Waals surface area contributed by atoms with Crippen LogP contribution in [0.15, 0.2) is 42.9 Å². The SMILES string of the molecule is O=C(COC(=O)c1c(-n2cccc2)sc2c1CCCC2)Nc1cccnc1Cl. The second-order valence-electron chi connectivity index (χ2n) is 6.45. The van der Waals surface area contributed by atoms with E-state index >= 15 is 0 Å². The normalized spacial score (nSPS) is 13.0. The number of halogens is 1. The van der Waals surface area contributed by atoms with Crippen LogP contribution >= 0.6 is 22.9 Å². The number of carbonyl (C=O) groups excluding carboxylic acids is 2. The van der Waals surface area contributed by atoms with Crippen molar-refractivity contribution in [2.75, 3.05) is 11.9 Å². The van der Waals surface area contributed by atoms with E-state index in [0.717, 1.165) is 36.2 Å². The van der Waals surface area contributed by atoms with Gasteiger partial charge in [0.1, 0.15) is 5.00 Å². The van der Waals surface area contributed by atoms with Gasteiger partial charge in [-0.3, -0.25) is 4.79 Å². The third-order valence-electron chi connectivity index (χ3n) is 4.56. The molecule has 8 heteroatoms. The Morgan fingerprint density at radius 3 is 2.79 bits per heavy atom. The third-order valence-corrected chi connectivity index (χ3v) is 6.17. The molecule has 3 heterocycles. The molecule has 3 aromatic heterocycles. The van der Waals surface area contributed by atoms with Crippen molar-refractivity contribution in [3.8, 4) is 5.00 Å². The third kappa shape index (κ3) is 3.81. The van der Waals surface area contributed by atoms with Gasteiger partial charge < -0.3 is 14.6 Å². The summed E-state index contributed by atoms with van der Waals surface area (Å²) in [6.07, 6.45) is 9.35. The number of amides is 1. The molecule has 0 saturated carbocycles. The highest BCUT2D eigenvalue weighted by molar-refractivity contribution is 7.15. The number of aromatic nitrogens is 2. The van der Waals surface area contributed by atoms with Crippen LogP contribution in [-0.4, -0.2) is 28.0 Å². The van der Waals surface area contributed by atoms with Gasteiger partial charge in [0.25, 0.3) is 5.91 Å². The summed E-state index contributed by atoms with van der Waals surface area (Å²) in [4.78, 5) is 30.2. The van der Waals surface area contributed by atoms with Gasteiger partial charge in [-0.15, -0.1) is 11.3 Å². The Morgan fingerprint density at radius 1 is 1.21 bits per heavy atom. The molecule has 0 aliphatic heterocycles. The highest BCUT2D eigenvalue weighted by atomic mass is 35.5. The first-order chi connectivity index (χ1) is 13.6. The maximum Gasteiger partial charge on any atom is 0.341 e. The standard InChI is InChI=1S/C20H18ClN3O3S/c21-18-14(7-5-9-22-18)23-16(25)12-27-20(26)17-13-6-1-2-8-15(13)28-19(17)24-10-3-4-11-24/h3-5,7,9-11H,1-2,6,8,12H2,(H,23,25). The lowest BCUT2D eigenvalue weighted by Crippen LogP contribution is -2.22. The number of esters is 1. The fourth-order valence-electron chi connectivity index (χ4n) is 3.28. The van der Waals surface area contributed by atoms with Crippen LogP contribution in [0.25, 0.3) is 5.00 Å². The quantitative estimate of drug-likeness (QED) is 0.499. The van der Waals surface area contributed by atoms with Gasteiger partial charge in [0.15, 0.2) is 11.8 Å². The van der Waals surface area contributed by atoms with Crippen molar-refractivity contribution in [3.05, 3.63) is 64.0 Å². The summed E-state index contributed by atoms with van der Waals surface area (Å²) in [5, 5.41) is 3.63. The van der Waals surface area contributed by atoms with Gasteiger partial charge in [-0.25, -0.2) is 9.78 Å². The molecule has 28 heavy (non-hydrogen) atoms. The minimum atomic E-state index is -0.476. The number of rotatable bonds is 5. The first-order valence-corrected chi connectivity index (χ1v) is 10.2. The summed E-state index contributed by atoms with van der Waals surface area (Å²) in [7, 11) is 0. The summed E-state index contributed by atoms with van der Waals surface area (Å²) < 4.78 is 7.27. The van der Waals surface area contributed by atoms with E-state index in [2.05, 4.69) is 10.3 Å². The predicted molar refractivity (Wildman–Crippen MR) is 108 cm³/mol. The van der Waals surface area contributed by atoms with Crippen LogP contribution in [0.3, 0.4) is 0 Å². The fourth-order valence-corrected chi connectivity index (χ4v) is 4.79. The van der Waals surface area contributed by atoms with Crippen LogP contribution in [0.1, 0.15) is 33.6 Å². The largest absolute Gasteiger partial charge is 0.452 e. The van der Waals surface area contributed by atoms with Crippen molar-refractivity contribution in [3.63, 3.8) is 0 Å². The Labute approximate surface area is 171 Å². The molecular formula is C20H18ClN3O3S. The summed E-state index contributed by atoms with van der Waals surface area (Å²) in [5.74, 6) is -0.939. The van der Waals surface area contributed by atoms with E-state index in [4.69, 9.17) is 16.3 Å². The fraction of sp³-hybridized carbons (Fsp3) is 0.250. The van der Waals surface area contributed by atoms with Crippen molar-refractivity contribution in [2.45, 2.75) is 25.7 Å². The smallest absolute Gasteiger partial charge is 0.341 e. The van der Waals surface area contributed by atoms with E-state index in [1.54, 1.807) is 23.5 Å². The molecule has 1 amide bonds. The number of aryl methyl sites for hydroxylation is 1. The molecule has 144 valence electrons. The van der Waals surface area contributed by atoms with E-state index in [1.807, 2.05) is 29.1 Å². The van der Waals surface area contributed by atoms with Crippen LogP contribution in [0.2, 0.25) is 5.15 Å². The Morgan fingerprint density at radius 2 is 2.00 bits per heavy atom. The molecule has 0 atom stereocenters. The molecule has 0 saturated heterocycles. The van der Waals surface area contributed by atoms with Crippen molar-refractivity contribution in [1.29, 1.82) is 0 Å². The van der Waals surface area contributed by atoms with Gasteiger partial charge in [-0.05, 0) is 55.5 Å². The average molecular weight is 416 g/mol. The molecule has 1 N–H and O–H groups in total. The van der Waals surface area contributed by atoms with Crippen molar-refractivity contribution in [1.82, 2.24) is 9.55 Å². The van der Waals surface area contributed by atoms with Gasteiger partial charge in [-0.1, -0.05) is 11.6 Å².